The van der Waals surface area contributed by atoms with E-state index in [1.165, 1.54) is 11.1 Å². The number of hydrogen-bond acceptors (Lipinski definition) is 2. The lowest BCUT2D eigenvalue weighted by molar-refractivity contribution is 0.498. The maximum atomic E-state index is 11.1. The van der Waals surface area contributed by atoms with E-state index in [1.807, 2.05) is 24.0 Å². The third kappa shape index (κ3) is 3.08. The molecule has 0 amide bonds. The third-order valence-electron chi connectivity index (χ3n) is 3.05. The monoisotopic (exact) mass is 242 g/mol. The molecule has 0 radical (unpaired) electrons. The van der Waals surface area contributed by atoms with Crippen molar-refractivity contribution in [1.29, 1.82) is 0 Å². The molecule has 0 bridgehead atoms. The van der Waals surface area contributed by atoms with Gasteiger partial charge in [-0.3, -0.25) is 4.79 Å². The van der Waals surface area contributed by atoms with Gasteiger partial charge in [-0.05, 0) is 19.5 Å². The minimum atomic E-state index is 0.0443. The lowest BCUT2D eigenvalue weighted by atomic mass is 10.0. The molecule has 1 N–H and O–H groups in total. The van der Waals surface area contributed by atoms with Crippen LogP contribution < -0.4 is 10.7 Å². The quantitative estimate of drug-likeness (QED) is 0.891. The normalized spacial score (nSPS) is 12.3. The molecule has 1 atom stereocenters. The molecule has 3 heteroatoms. The molecule has 0 fully saturated rings. The molecule has 0 aliphatic carbocycles. The first-order valence-corrected chi connectivity index (χ1v) is 6.09. The first-order valence-electron chi connectivity index (χ1n) is 6.09. The summed E-state index contributed by atoms with van der Waals surface area (Å²) in [5, 5.41) is 3.31. The van der Waals surface area contributed by atoms with Gasteiger partial charge >= 0.3 is 0 Å². The number of pyridine rings is 1. The van der Waals surface area contributed by atoms with Gasteiger partial charge in [-0.15, -0.1) is 0 Å². The largest absolute Gasteiger partial charge is 0.352 e. The zero-order chi connectivity index (χ0) is 13.0. The fourth-order valence-corrected chi connectivity index (χ4v) is 2.03. The van der Waals surface area contributed by atoms with E-state index in [0.29, 0.717) is 0 Å². The highest BCUT2D eigenvalue weighted by Crippen LogP contribution is 2.15. The molecule has 2 rings (SSSR count). The van der Waals surface area contributed by atoms with Gasteiger partial charge < -0.3 is 9.88 Å². The van der Waals surface area contributed by atoms with Gasteiger partial charge in [0.25, 0.3) is 0 Å². The molecular weight excluding hydrogens is 224 g/mol. The maximum Gasteiger partial charge on any atom is 0.181 e. The summed E-state index contributed by atoms with van der Waals surface area (Å²) in [5.74, 6) is 0. The first-order chi connectivity index (χ1) is 8.69. The third-order valence-corrected chi connectivity index (χ3v) is 3.05. The van der Waals surface area contributed by atoms with Crippen LogP contribution in [0.4, 0.5) is 0 Å². The SMILES string of the molecule is CNC(Cn1ccc(=O)cc1)c1cccc(C)c1. The average Bonchev–Trinajstić information content (AvgIpc) is 2.38. The van der Waals surface area contributed by atoms with Gasteiger partial charge in [0.15, 0.2) is 5.43 Å². The number of nitrogens with one attached hydrogen (secondary N) is 1. The van der Waals surface area contributed by atoms with Crippen LogP contribution in [0.1, 0.15) is 17.2 Å². The zero-order valence-electron chi connectivity index (χ0n) is 10.8. The second-order valence-electron chi connectivity index (χ2n) is 4.49. The Labute approximate surface area is 107 Å². The highest BCUT2D eigenvalue weighted by Gasteiger charge is 2.09. The van der Waals surface area contributed by atoms with Crippen LogP contribution in [0.3, 0.4) is 0 Å². The van der Waals surface area contributed by atoms with Crippen molar-refractivity contribution in [3.05, 3.63) is 70.1 Å². The summed E-state index contributed by atoms with van der Waals surface area (Å²) < 4.78 is 2.02. The van der Waals surface area contributed by atoms with E-state index < -0.39 is 0 Å². The highest BCUT2D eigenvalue weighted by molar-refractivity contribution is 5.25. The fourth-order valence-electron chi connectivity index (χ4n) is 2.03. The summed E-state index contributed by atoms with van der Waals surface area (Å²) in [7, 11) is 1.95. The van der Waals surface area contributed by atoms with Crippen LogP contribution in [0.2, 0.25) is 0 Å². The van der Waals surface area contributed by atoms with Crippen LogP contribution in [0, 0.1) is 6.92 Å². The summed E-state index contributed by atoms with van der Waals surface area (Å²) in [6.45, 7) is 2.90. The topological polar surface area (TPSA) is 34.0 Å². The van der Waals surface area contributed by atoms with Gasteiger partial charge in [0.1, 0.15) is 0 Å². The highest BCUT2D eigenvalue weighted by atomic mass is 16.1. The zero-order valence-corrected chi connectivity index (χ0v) is 10.8. The number of rotatable bonds is 4. The summed E-state index contributed by atoms with van der Waals surface area (Å²) >= 11 is 0. The standard InChI is InChI=1S/C15H18N2O/c1-12-4-3-5-13(10-12)15(16-2)11-17-8-6-14(18)7-9-17/h3-10,15-16H,11H2,1-2H3. The van der Waals surface area contributed by atoms with E-state index in [2.05, 4.69) is 36.5 Å². The Bertz CT molecular complexity index is 554. The van der Waals surface area contributed by atoms with Gasteiger partial charge in [0.05, 0.1) is 0 Å². The average molecular weight is 242 g/mol. The molecule has 0 spiro atoms. The van der Waals surface area contributed by atoms with Gasteiger partial charge in [-0.2, -0.15) is 0 Å². The molecule has 1 aromatic carbocycles. The van der Waals surface area contributed by atoms with E-state index in [4.69, 9.17) is 0 Å². The van der Waals surface area contributed by atoms with E-state index in [0.717, 1.165) is 6.54 Å². The summed E-state index contributed by atoms with van der Waals surface area (Å²) in [5.41, 5.74) is 2.56. The Hall–Kier alpha value is -1.87. The van der Waals surface area contributed by atoms with Crippen LogP contribution in [-0.4, -0.2) is 11.6 Å². The number of aryl methyl sites for hydroxylation is 1. The lowest BCUT2D eigenvalue weighted by Gasteiger charge is -2.18. The second kappa shape index (κ2) is 5.65. The molecule has 3 nitrogen and oxygen atoms in total. The number of likely N-dealkylation sites (N-methyl/N-ethyl adjacent to an activating group) is 1. The minimum absolute atomic E-state index is 0.0443. The van der Waals surface area contributed by atoms with Crippen molar-refractivity contribution in [2.24, 2.45) is 0 Å². The molecule has 0 saturated carbocycles. The van der Waals surface area contributed by atoms with Gasteiger partial charge in [-0.1, -0.05) is 29.8 Å². The van der Waals surface area contributed by atoms with Crippen LogP contribution >= 0.6 is 0 Å². The molecule has 18 heavy (non-hydrogen) atoms. The molecule has 0 aliphatic heterocycles. The first kappa shape index (κ1) is 12.6. The summed E-state index contributed by atoms with van der Waals surface area (Å²) in [6, 6.07) is 11.9. The van der Waals surface area contributed by atoms with Gasteiger partial charge in [-0.25, -0.2) is 0 Å². The Kier molecular flexibility index (Phi) is 3.95. The fraction of sp³-hybridized carbons (Fsp3) is 0.267. The second-order valence-corrected chi connectivity index (χ2v) is 4.49. The van der Waals surface area contributed by atoms with Crippen LogP contribution in [0.25, 0.3) is 0 Å². The van der Waals surface area contributed by atoms with Crippen molar-refractivity contribution in [3.8, 4) is 0 Å². The van der Waals surface area contributed by atoms with Crippen molar-refractivity contribution in [2.75, 3.05) is 7.05 Å². The van der Waals surface area contributed by atoms with E-state index >= 15 is 0 Å². The van der Waals surface area contributed by atoms with E-state index in [1.54, 1.807) is 12.1 Å². The molecule has 1 heterocycles. The maximum absolute atomic E-state index is 11.1. The van der Waals surface area contributed by atoms with Gasteiger partial charge in [0, 0.05) is 37.1 Å². The Balaban J connectivity index is 2.19. The molecule has 0 aliphatic rings. The lowest BCUT2D eigenvalue weighted by Crippen LogP contribution is -2.22. The van der Waals surface area contributed by atoms with Crippen LogP contribution in [0.5, 0.6) is 0 Å². The molecular formula is C15H18N2O. The summed E-state index contributed by atoms with van der Waals surface area (Å²) in [6.07, 6.45) is 3.64. The van der Waals surface area contributed by atoms with Crippen molar-refractivity contribution in [1.82, 2.24) is 9.88 Å². The Morgan fingerprint density at radius 1 is 1.22 bits per heavy atom. The number of nitrogens with zero attached hydrogens (tertiary/aromatic N) is 1. The van der Waals surface area contributed by atoms with E-state index in [9.17, 15) is 4.79 Å². The van der Waals surface area contributed by atoms with Crippen molar-refractivity contribution in [2.45, 2.75) is 19.5 Å². The summed E-state index contributed by atoms with van der Waals surface area (Å²) in [4.78, 5) is 11.1. The van der Waals surface area contributed by atoms with Crippen LogP contribution in [-0.2, 0) is 6.54 Å². The van der Waals surface area contributed by atoms with Gasteiger partial charge in [0.2, 0.25) is 0 Å². The number of aromatic nitrogens is 1. The number of hydrogen-bond donors (Lipinski definition) is 1. The van der Waals surface area contributed by atoms with Crippen molar-refractivity contribution < 1.29 is 0 Å². The smallest absolute Gasteiger partial charge is 0.181 e. The van der Waals surface area contributed by atoms with Crippen LogP contribution in [0.15, 0.2) is 53.6 Å². The molecule has 2 aromatic rings. The van der Waals surface area contributed by atoms with Crippen molar-refractivity contribution >= 4 is 0 Å². The minimum Gasteiger partial charge on any atom is -0.352 e. The number of benzene rings is 1. The molecule has 94 valence electrons. The van der Waals surface area contributed by atoms with E-state index in [-0.39, 0.29) is 11.5 Å². The molecule has 1 unspecified atom stereocenters. The Morgan fingerprint density at radius 2 is 1.94 bits per heavy atom. The molecule has 1 aromatic heterocycles. The predicted molar refractivity (Wildman–Crippen MR) is 73.7 cm³/mol. The van der Waals surface area contributed by atoms with Crippen molar-refractivity contribution in [3.63, 3.8) is 0 Å². The molecule has 0 saturated heterocycles. The Morgan fingerprint density at radius 3 is 2.56 bits per heavy atom. The predicted octanol–water partition coefficient (Wildman–Crippen LogP) is 2.12.